The molecule has 4 nitrogen and oxygen atoms in total. The molecular weight excluding hydrogens is 249 g/mol. The van der Waals surface area contributed by atoms with Gasteiger partial charge in [-0.1, -0.05) is 18.9 Å². The summed E-state index contributed by atoms with van der Waals surface area (Å²) in [4.78, 5) is 11.8. The second-order valence-electron chi connectivity index (χ2n) is 4.94. The van der Waals surface area contributed by atoms with Crippen LogP contribution < -0.4 is 10.1 Å². The van der Waals surface area contributed by atoms with Gasteiger partial charge >= 0.3 is 0 Å². The highest BCUT2D eigenvalue weighted by Crippen LogP contribution is 2.28. The first-order valence-electron chi connectivity index (χ1n) is 6.44. The molecular formula is C14H18FNO3. The van der Waals surface area contributed by atoms with Crippen LogP contribution in [-0.4, -0.2) is 29.8 Å². The molecule has 0 bridgehead atoms. The molecule has 0 aliphatic heterocycles. The van der Waals surface area contributed by atoms with Gasteiger partial charge in [-0.25, -0.2) is 4.39 Å². The average molecular weight is 267 g/mol. The van der Waals surface area contributed by atoms with Crippen molar-refractivity contribution in [2.75, 3.05) is 13.2 Å². The highest BCUT2D eigenvalue weighted by molar-refractivity contribution is 5.78. The normalized spacial score (nSPS) is 17.2. The van der Waals surface area contributed by atoms with Gasteiger partial charge < -0.3 is 15.2 Å². The Kier molecular flexibility index (Phi) is 4.37. The molecule has 0 spiro atoms. The fourth-order valence-corrected chi connectivity index (χ4v) is 2.41. The molecule has 19 heavy (non-hydrogen) atoms. The summed E-state index contributed by atoms with van der Waals surface area (Å²) in [5.41, 5.74) is -0.498. The van der Waals surface area contributed by atoms with Gasteiger partial charge in [0.25, 0.3) is 5.91 Å². The fraction of sp³-hybridized carbons (Fsp3) is 0.500. The van der Waals surface area contributed by atoms with E-state index >= 15 is 0 Å². The van der Waals surface area contributed by atoms with E-state index in [2.05, 4.69) is 5.32 Å². The quantitative estimate of drug-likeness (QED) is 0.852. The van der Waals surface area contributed by atoms with Crippen LogP contribution >= 0.6 is 0 Å². The summed E-state index contributed by atoms with van der Waals surface area (Å²) < 4.78 is 18.1. The third-order valence-electron chi connectivity index (χ3n) is 3.43. The summed E-state index contributed by atoms with van der Waals surface area (Å²) in [6, 6.07) is 5.65. The minimum Gasteiger partial charge on any atom is -0.484 e. The van der Waals surface area contributed by atoms with Gasteiger partial charge in [-0.3, -0.25) is 4.79 Å². The smallest absolute Gasteiger partial charge is 0.258 e. The maximum absolute atomic E-state index is 12.9. The standard InChI is InChI=1S/C14H18FNO3/c15-11-4-3-5-12(8-11)19-9-13(18)16-14(10-17)6-1-2-7-14/h3-5,8,17H,1-2,6-7,9-10H2,(H,16,18). The zero-order valence-corrected chi connectivity index (χ0v) is 10.7. The predicted molar refractivity (Wildman–Crippen MR) is 68.3 cm³/mol. The van der Waals surface area contributed by atoms with Crippen molar-refractivity contribution >= 4 is 5.91 Å². The van der Waals surface area contributed by atoms with E-state index in [4.69, 9.17) is 4.74 Å². The van der Waals surface area contributed by atoms with Crippen LogP contribution in [0, 0.1) is 5.82 Å². The van der Waals surface area contributed by atoms with Gasteiger partial charge in [0.05, 0.1) is 12.1 Å². The molecule has 2 N–H and O–H groups in total. The molecule has 0 unspecified atom stereocenters. The Morgan fingerprint density at radius 3 is 2.79 bits per heavy atom. The number of aliphatic hydroxyl groups is 1. The van der Waals surface area contributed by atoms with Crippen LogP contribution in [0.5, 0.6) is 5.75 Å². The molecule has 0 atom stereocenters. The van der Waals surface area contributed by atoms with E-state index < -0.39 is 11.4 Å². The Hall–Kier alpha value is -1.62. The second kappa shape index (κ2) is 6.02. The Labute approximate surface area is 111 Å². The molecule has 1 aromatic rings. The van der Waals surface area contributed by atoms with Gasteiger partial charge in [0.15, 0.2) is 6.61 Å². The van der Waals surface area contributed by atoms with Gasteiger partial charge in [-0.05, 0) is 25.0 Å². The number of ether oxygens (including phenoxy) is 1. The number of hydrogen-bond acceptors (Lipinski definition) is 3. The Morgan fingerprint density at radius 2 is 2.16 bits per heavy atom. The van der Waals surface area contributed by atoms with Crippen LogP contribution in [0.1, 0.15) is 25.7 Å². The largest absolute Gasteiger partial charge is 0.484 e. The lowest BCUT2D eigenvalue weighted by molar-refractivity contribution is -0.125. The molecule has 1 aliphatic rings. The lowest BCUT2D eigenvalue weighted by Gasteiger charge is -2.27. The van der Waals surface area contributed by atoms with Crippen molar-refractivity contribution in [3.8, 4) is 5.75 Å². The van der Waals surface area contributed by atoms with Crippen LogP contribution in [0.15, 0.2) is 24.3 Å². The van der Waals surface area contributed by atoms with Crippen LogP contribution in [0.3, 0.4) is 0 Å². The summed E-state index contributed by atoms with van der Waals surface area (Å²) >= 11 is 0. The van der Waals surface area contributed by atoms with Crippen molar-refractivity contribution in [2.45, 2.75) is 31.2 Å². The number of nitrogens with one attached hydrogen (secondary N) is 1. The van der Waals surface area contributed by atoms with Crippen molar-refractivity contribution in [3.05, 3.63) is 30.1 Å². The summed E-state index contributed by atoms with van der Waals surface area (Å²) in [6.45, 7) is -0.232. The van der Waals surface area contributed by atoms with Crippen molar-refractivity contribution in [1.82, 2.24) is 5.32 Å². The number of hydrogen-bond donors (Lipinski definition) is 2. The monoisotopic (exact) mass is 267 g/mol. The fourth-order valence-electron chi connectivity index (χ4n) is 2.41. The van der Waals surface area contributed by atoms with E-state index in [0.29, 0.717) is 5.75 Å². The molecule has 0 saturated heterocycles. The SMILES string of the molecule is O=C(COc1cccc(F)c1)NC1(CO)CCCC1. The van der Waals surface area contributed by atoms with Gasteiger partial charge in [-0.2, -0.15) is 0 Å². The number of halogens is 1. The maximum Gasteiger partial charge on any atom is 0.258 e. The van der Waals surface area contributed by atoms with Gasteiger partial charge in [-0.15, -0.1) is 0 Å². The lowest BCUT2D eigenvalue weighted by atomic mass is 9.99. The number of benzene rings is 1. The van der Waals surface area contributed by atoms with Crippen LogP contribution in [0.25, 0.3) is 0 Å². The minimum atomic E-state index is -0.498. The maximum atomic E-state index is 12.9. The van der Waals surface area contributed by atoms with E-state index in [1.807, 2.05) is 0 Å². The molecule has 104 valence electrons. The predicted octanol–water partition coefficient (Wildman–Crippen LogP) is 1.63. The number of carbonyl (C=O) groups excluding carboxylic acids is 1. The third-order valence-corrected chi connectivity index (χ3v) is 3.43. The van der Waals surface area contributed by atoms with E-state index in [1.165, 1.54) is 18.2 Å². The van der Waals surface area contributed by atoms with Crippen molar-refractivity contribution in [2.24, 2.45) is 0 Å². The summed E-state index contributed by atoms with van der Waals surface area (Å²) in [6.07, 6.45) is 3.58. The minimum absolute atomic E-state index is 0.0568. The first-order chi connectivity index (χ1) is 9.13. The number of rotatable bonds is 5. The zero-order chi connectivity index (χ0) is 13.7. The van der Waals surface area contributed by atoms with Crippen molar-refractivity contribution in [3.63, 3.8) is 0 Å². The molecule has 5 heteroatoms. The summed E-state index contributed by atoms with van der Waals surface area (Å²) in [5, 5.41) is 12.2. The van der Waals surface area contributed by atoms with Crippen LogP contribution in [-0.2, 0) is 4.79 Å². The molecule has 1 aromatic carbocycles. The molecule has 2 rings (SSSR count). The van der Waals surface area contributed by atoms with Crippen molar-refractivity contribution < 1.29 is 19.0 Å². The number of carbonyl (C=O) groups is 1. The summed E-state index contributed by atoms with van der Waals surface area (Å²) in [7, 11) is 0. The second-order valence-corrected chi connectivity index (χ2v) is 4.94. The molecule has 1 amide bonds. The first kappa shape index (κ1) is 13.8. The molecule has 0 aromatic heterocycles. The number of aliphatic hydroxyl groups excluding tert-OH is 1. The molecule has 1 fully saturated rings. The van der Waals surface area contributed by atoms with Crippen LogP contribution in [0.4, 0.5) is 4.39 Å². The van der Waals surface area contributed by atoms with Crippen LogP contribution in [0.2, 0.25) is 0 Å². The highest BCUT2D eigenvalue weighted by Gasteiger charge is 2.34. The molecule has 0 radical (unpaired) electrons. The van der Waals surface area contributed by atoms with E-state index in [-0.39, 0.29) is 19.1 Å². The Balaban J connectivity index is 1.84. The average Bonchev–Trinajstić information content (AvgIpc) is 2.86. The van der Waals surface area contributed by atoms with Gasteiger partial charge in [0.2, 0.25) is 0 Å². The van der Waals surface area contributed by atoms with Gasteiger partial charge in [0, 0.05) is 6.07 Å². The van der Waals surface area contributed by atoms with Gasteiger partial charge in [0.1, 0.15) is 11.6 Å². The molecule has 0 heterocycles. The van der Waals surface area contributed by atoms with Crippen molar-refractivity contribution in [1.29, 1.82) is 0 Å². The van der Waals surface area contributed by atoms with E-state index in [0.717, 1.165) is 25.7 Å². The molecule has 1 saturated carbocycles. The topological polar surface area (TPSA) is 58.6 Å². The third kappa shape index (κ3) is 3.67. The Morgan fingerprint density at radius 1 is 1.42 bits per heavy atom. The summed E-state index contributed by atoms with van der Waals surface area (Å²) in [5.74, 6) is -0.375. The van der Waals surface area contributed by atoms with E-state index in [9.17, 15) is 14.3 Å². The lowest BCUT2D eigenvalue weighted by Crippen LogP contribution is -2.50. The zero-order valence-electron chi connectivity index (χ0n) is 10.7. The highest BCUT2D eigenvalue weighted by atomic mass is 19.1. The van der Waals surface area contributed by atoms with E-state index in [1.54, 1.807) is 6.07 Å². The molecule has 1 aliphatic carbocycles. The Bertz CT molecular complexity index is 444. The number of amides is 1. The first-order valence-corrected chi connectivity index (χ1v) is 6.44.